The molecule has 176 valence electrons. The normalized spacial score (nSPS) is 16.5. The van der Waals surface area contributed by atoms with E-state index >= 15 is 0 Å². The summed E-state index contributed by atoms with van der Waals surface area (Å²) >= 11 is 1.78. The number of carbonyl (C=O) groups excluding carboxylic acids is 1. The number of rotatable bonds is 3. The van der Waals surface area contributed by atoms with Crippen LogP contribution in [0, 0.1) is 0 Å². The number of likely N-dealkylation sites (tertiary alicyclic amines) is 1. The summed E-state index contributed by atoms with van der Waals surface area (Å²) in [6.45, 7) is 2.49. The van der Waals surface area contributed by atoms with Crippen LogP contribution in [0.15, 0.2) is 48.5 Å². The summed E-state index contributed by atoms with van der Waals surface area (Å²) in [5, 5.41) is 0. The standard InChI is InChI=1S/C24H26N4O2S.2ClH/c25-15-16-3-1-4-17(13-16)23(29)28-10-8-24(9-11-28)18-14-21(31-20(18)7-12-30-24)19-5-2-6-22(26)27-19;;/h1-6,13-14H,7-12,15,25H2,(H2,26,27);2*1H. The molecule has 1 amide bonds. The molecule has 0 radical (unpaired) electrons. The Labute approximate surface area is 210 Å². The number of aromatic nitrogens is 1. The maximum atomic E-state index is 13.0. The smallest absolute Gasteiger partial charge is 0.253 e. The number of hydrogen-bond acceptors (Lipinski definition) is 6. The third-order valence-electron chi connectivity index (χ3n) is 6.30. The predicted octanol–water partition coefficient (Wildman–Crippen LogP) is 4.40. The molecule has 0 unspecified atom stereocenters. The molecule has 2 aromatic heterocycles. The molecule has 0 saturated carbocycles. The topological polar surface area (TPSA) is 94.5 Å². The summed E-state index contributed by atoms with van der Waals surface area (Å²) < 4.78 is 6.38. The van der Waals surface area contributed by atoms with Crippen molar-refractivity contribution in [3.8, 4) is 10.6 Å². The van der Waals surface area contributed by atoms with Crippen LogP contribution in [0.25, 0.3) is 10.6 Å². The molecule has 33 heavy (non-hydrogen) atoms. The van der Waals surface area contributed by atoms with Crippen LogP contribution in [0.4, 0.5) is 5.82 Å². The predicted molar refractivity (Wildman–Crippen MR) is 137 cm³/mol. The fraction of sp³-hybridized carbons (Fsp3) is 0.333. The Morgan fingerprint density at radius 1 is 1.12 bits per heavy atom. The van der Waals surface area contributed by atoms with Crippen LogP contribution in [-0.4, -0.2) is 35.5 Å². The van der Waals surface area contributed by atoms with Gasteiger partial charge in [0.25, 0.3) is 5.91 Å². The minimum atomic E-state index is -0.321. The summed E-state index contributed by atoms with van der Waals surface area (Å²) in [4.78, 5) is 21.9. The van der Waals surface area contributed by atoms with Gasteiger partial charge in [0.1, 0.15) is 5.82 Å². The fourth-order valence-electron chi connectivity index (χ4n) is 4.63. The fourth-order valence-corrected chi connectivity index (χ4v) is 5.83. The van der Waals surface area contributed by atoms with Crippen LogP contribution < -0.4 is 11.5 Å². The van der Waals surface area contributed by atoms with E-state index in [1.165, 1.54) is 10.4 Å². The number of pyridine rings is 1. The van der Waals surface area contributed by atoms with Gasteiger partial charge < -0.3 is 21.1 Å². The van der Waals surface area contributed by atoms with Gasteiger partial charge in [-0.2, -0.15) is 0 Å². The zero-order chi connectivity index (χ0) is 21.4. The van der Waals surface area contributed by atoms with E-state index < -0.39 is 0 Å². The largest absolute Gasteiger partial charge is 0.384 e. The average molecular weight is 507 g/mol. The number of piperidine rings is 1. The van der Waals surface area contributed by atoms with Crippen molar-refractivity contribution in [1.82, 2.24) is 9.88 Å². The van der Waals surface area contributed by atoms with Crippen LogP contribution in [-0.2, 0) is 23.3 Å². The van der Waals surface area contributed by atoms with Crippen molar-refractivity contribution in [2.45, 2.75) is 31.4 Å². The van der Waals surface area contributed by atoms with E-state index in [-0.39, 0.29) is 36.3 Å². The maximum absolute atomic E-state index is 13.0. The number of fused-ring (bicyclic) bond motifs is 2. The van der Waals surface area contributed by atoms with Crippen molar-refractivity contribution in [2.24, 2.45) is 5.73 Å². The number of anilines is 1. The van der Waals surface area contributed by atoms with E-state index in [1.807, 2.05) is 41.3 Å². The van der Waals surface area contributed by atoms with Crippen LogP contribution in [0.1, 0.15) is 39.2 Å². The minimum absolute atomic E-state index is 0. The molecule has 1 aromatic carbocycles. The second-order valence-corrected chi connectivity index (χ2v) is 9.32. The Bertz CT molecular complexity index is 1130. The van der Waals surface area contributed by atoms with Gasteiger partial charge >= 0.3 is 0 Å². The van der Waals surface area contributed by atoms with Gasteiger partial charge in [0.05, 0.1) is 22.8 Å². The number of thiophene rings is 1. The molecule has 6 nitrogen and oxygen atoms in total. The highest BCUT2D eigenvalue weighted by molar-refractivity contribution is 7.15. The number of ether oxygens (including phenoxy) is 1. The minimum Gasteiger partial charge on any atom is -0.384 e. The molecule has 1 spiro atoms. The Balaban J connectivity index is 0.00000153. The molecule has 1 fully saturated rings. The van der Waals surface area contributed by atoms with Crippen LogP contribution in [0.3, 0.4) is 0 Å². The van der Waals surface area contributed by atoms with E-state index in [0.717, 1.165) is 35.4 Å². The second kappa shape index (κ2) is 10.4. The highest BCUT2D eigenvalue weighted by Crippen LogP contribution is 2.46. The second-order valence-electron chi connectivity index (χ2n) is 8.18. The zero-order valence-electron chi connectivity index (χ0n) is 18.2. The first-order chi connectivity index (χ1) is 15.1. The third-order valence-corrected chi connectivity index (χ3v) is 7.52. The quantitative estimate of drug-likeness (QED) is 0.548. The first kappa shape index (κ1) is 25.5. The van der Waals surface area contributed by atoms with Crippen molar-refractivity contribution in [2.75, 3.05) is 25.4 Å². The van der Waals surface area contributed by atoms with E-state index in [4.69, 9.17) is 16.2 Å². The molecule has 2 aliphatic rings. The first-order valence-corrected chi connectivity index (χ1v) is 11.5. The molecule has 2 aliphatic heterocycles. The number of amides is 1. The number of hydrogen-bond donors (Lipinski definition) is 2. The molecule has 3 aromatic rings. The molecule has 5 rings (SSSR count). The van der Waals surface area contributed by atoms with Gasteiger partial charge in [-0.1, -0.05) is 18.2 Å². The number of nitrogens with zero attached hydrogens (tertiary/aromatic N) is 2. The highest BCUT2D eigenvalue weighted by Gasteiger charge is 2.43. The number of nitrogens with two attached hydrogens (primary N) is 2. The van der Waals surface area contributed by atoms with Gasteiger partial charge in [0, 0.05) is 36.5 Å². The summed E-state index contributed by atoms with van der Waals surface area (Å²) in [7, 11) is 0. The monoisotopic (exact) mass is 506 g/mol. The molecule has 4 N–H and O–H groups in total. The Morgan fingerprint density at radius 2 is 1.88 bits per heavy atom. The molecule has 9 heteroatoms. The molecular formula is C24H28Cl2N4O2S. The molecule has 1 saturated heterocycles. The van der Waals surface area contributed by atoms with Gasteiger partial charge in [-0.15, -0.1) is 36.2 Å². The number of nitrogen functional groups attached to an aromatic ring is 1. The molecule has 0 aliphatic carbocycles. The lowest BCUT2D eigenvalue weighted by molar-refractivity contribution is -0.0926. The van der Waals surface area contributed by atoms with Crippen molar-refractivity contribution in [3.63, 3.8) is 0 Å². The van der Waals surface area contributed by atoms with Crippen molar-refractivity contribution >= 4 is 47.9 Å². The first-order valence-electron chi connectivity index (χ1n) is 10.7. The van der Waals surface area contributed by atoms with Gasteiger partial charge in [-0.25, -0.2) is 4.98 Å². The lowest BCUT2D eigenvalue weighted by Crippen LogP contribution is -2.48. The lowest BCUT2D eigenvalue weighted by Gasteiger charge is -2.44. The number of carbonyl (C=O) groups is 1. The zero-order valence-corrected chi connectivity index (χ0v) is 20.6. The van der Waals surface area contributed by atoms with E-state index in [0.29, 0.717) is 37.6 Å². The molecule has 0 atom stereocenters. The Hall–Kier alpha value is -2.16. The van der Waals surface area contributed by atoms with Gasteiger partial charge in [0.15, 0.2) is 0 Å². The summed E-state index contributed by atoms with van der Waals surface area (Å²) in [5.74, 6) is 0.594. The summed E-state index contributed by atoms with van der Waals surface area (Å²) in [6, 6.07) is 15.6. The van der Waals surface area contributed by atoms with Crippen molar-refractivity contribution in [3.05, 3.63) is 70.1 Å². The molecular weight excluding hydrogens is 479 g/mol. The van der Waals surface area contributed by atoms with E-state index in [2.05, 4.69) is 11.1 Å². The van der Waals surface area contributed by atoms with E-state index in [9.17, 15) is 4.79 Å². The number of benzene rings is 1. The van der Waals surface area contributed by atoms with Crippen LogP contribution >= 0.6 is 36.2 Å². The summed E-state index contributed by atoms with van der Waals surface area (Å²) in [5.41, 5.74) is 15.1. The van der Waals surface area contributed by atoms with Gasteiger partial charge in [-0.3, -0.25) is 4.79 Å². The number of halogens is 2. The van der Waals surface area contributed by atoms with E-state index in [1.54, 1.807) is 17.4 Å². The summed E-state index contributed by atoms with van der Waals surface area (Å²) in [6.07, 6.45) is 2.50. The highest BCUT2D eigenvalue weighted by atomic mass is 35.5. The van der Waals surface area contributed by atoms with Gasteiger partial charge in [0.2, 0.25) is 0 Å². The lowest BCUT2D eigenvalue weighted by atomic mass is 9.82. The molecule has 0 bridgehead atoms. The average Bonchev–Trinajstić information content (AvgIpc) is 3.25. The third kappa shape index (κ3) is 4.88. The maximum Gasteiger partial charge on any atom is 0.253 e. The SMILES string of the molecule is Cl.Cl.NCc1cccc(C(=O)N2CCC3(CC2)OCCc2sc(-c4cccc(N)n4)cc23)c1. The van der Waals surface area contributed by atoms with Crippen molar-refractivity contribution in [1.29, 1.82) is 0 Å². The van der Waals surface area contributed by atoms with Crippen LogP contribution in [0.2, 0.25) is 0 Å². The van der Waals surface area contributed by atoms with Crippen molar-refractivity contribution < 1.29 is 9.53 Å². The Morgan fingerprint density at radius 3 is 2.61 bits per heavy atom. The van der Waals surface area contributed by atoms with Crippen LogP contribution in [0.5, 0.6) is 0 Å². The molecule has 4 heterocycles. The van der Waals surface area contributed by atoms with Gasteiger partial charge in [-0.05, 0) is 54.3 Å². The Kier molecular flexibility index (Phi) is 8.03.